The molecule has 0 spiro atoms. The quantitative estimate of drug-likeness (QED) is 0.231. The lowest BCUT2D eigenvalue weighted by Crippen LogP contribution is -2.22. The summed E-state index contributed by atoms with van der Waals surface area (Å²) >= 11 is 3.52. The van der Waals surface area contributed by atoms with Gasteiger partial charge in [0.15, 0.2) is 0 Å². The molecule has 8 nitrogen and oxygen atoms in total. The molecule has 0 atom stereocenters. The zero-order valence-electron chi connectivity index (χ0n) is 25.4. The Bertz CT molecular complexity index is 1090. The average Bonchev–Trinajstić information content (AvgIpc) is 2.76. The number of benzene rings is 2. The first-order valence-corrected chi connectivity index (χ1v) is 15.4. The van der Waals surface area contributed by atoms with Crippen LogP contribution in [0.25, 0.3) is 0 Å². The molecule has 0 fully saturated rings. The summed E-state index contributed by atoms with van der Waals surface area (Å²) in [5, 5.41) is 36.1. The summed E-state index contributed by atoms with van der Waals surface area (Å²) in [7, 11) is -3.71. The normalized spacial score (nSPS) is 12.2. The summed E-state index contributed by atoms with van der Waals surface area (Å²) in [6, 6.07) is 10.4. The van der Waals surface area contributed by atoms with Crippen molar-refractivity contribution in [3.63, 3.8) is 0 Å². The minimum absolute atomic E-state index is 0.0281. The Morgan fingerprint density at radius 2 is 1.18 bits per heavy atom. The Kier molecular flexibility index (Phi) is 16.2. The molecule has 0 aromatic heterocycles. The molecule has 0 saturated carbocycles. The van der Waals surface area contributed by atoms with Gasteiger partial charge in [0.05, 0.1) is 34.9 Å². The van der Waals surface area contributed by atoms with Crippen LogP contribution in [0.3, 0.4) is 0 Å². The van der Waals surface area contributed by atoms with Gasteiger partial charge < -0.3 is 25.2 Å². The second-order valence-corrected chi connectivity index (χ2v) is 14.1. The van der Waals surface area contributed by atoms with E-state index in [1.807, 2.05) is 32.9 Å². The van der Waals surface area contributed by atoms with Crippen molar-refractivity contribution < 1.29 is 37.8 Å². The van der Waals surface area contributed by atoms with Crippen LogP contribution in [0.15, 0.2) is 45.8 Å². The van der Waals surface area contributed by atoms with Gasteiger partial charge in [0.25, 0.3) is 10.1 Å². The fourth-order valence-corrected chi connectivity index (χ4v) is 3.99. The lowest BCUT2D eigenvalue weighted by molar-refractivity contribution is 0.0512. The Morgan fingerprint density at radius 1 is 0.750 bits per heavy atom. The van der Waals surface area contributed by atoms with Gasteiger partial charge in [0.1, 0.15) is 5.75 Å². The smallest absolute Gasteiger partial charge is 0.296 e. The summed E-state index contributed by atoms with van der Waals surface area (Å²) in [5.41, 5.74) is 1.02. The molecule has 4 N–H and O–H groups in total. The van der Waals surface area contributed by atoms with Gasteiger partial charge in [0.2, 0.25) is 0 Å². The molecular weight excluding hydrogens is 600 g/mol. The van der Waals surface area contributed by atoms with Crippen molar-refractivity contribution in [2.75, 3.05) is 19.8 Å². The third-order valence-corrected chi connectivity index (χ3v) is 7.96. The SMILES string of the molecule is CC(C)(O)CCO.Cc1cc(OCCC(C)(C)O)cc(C)c1Br.Cc1ccc(S(=O)(=O)OCCC(C)(C)O)cc1. The van der Waals surface area contributed by atoms with Crippen molar-refractivity contribution in [1.29, 1.82) is 0 Å². The largest absolute Gasteiger partial charge is 0.493 e. The van der Waals surface area contributed by atoms with Crippen LogP contribution in [-0.2, 0) is 14.3 Å². The minimum atomic E-state index is -3.71. The Labute approximate surface area is 249 Å². The van der Waals surface area contributed by atoms with Gasteiger partial charge in [0, 0.05) is 23.9 Å². The van der Waals surface area contributed by atoms with Gasteiger partial charge in [-0.05, 0) is 104 Å². The highest BCUT2D eigenvalue weighted by Crippen LogP contribution is 2.26. The lowest BCUT2D eigenvalue weighted by atomic mass is 10.1. The zero-order chi connectivity index (χ0) is 31.4. The molecule has 0 heterocycles. The molecule has 0 radical (unpaired) electrons. The van der Waals surface area contributed by atoms with E-state index in [0.29, 0.717) is 19.4 Å². The fourth-order valence-electron chi connectivity index (χ4n) is 2.86. The molecule has 2 aromatic carbocycles. The maximum atomic E-state index is 11.7. The minimum Gasteiger partial charge on any atom is -0.493 e. The highest BCUT2D eigenvalue weighted by Gasteiger charge is 2.18. The van der Waals surface area contributed by atoms with Gasteiger partial charge in [-0.1, -0.05) is 33.6 Å². The fraction of sp³-hybridized carbons (Fsp3) is 0.600. The van der Waals surface area contributed by atoms with Crippen molar-refractivity contribution in [2.45, 2.75) is 103 Å². The van der Waals surface area contributed by atoms with E-state index in [0.717, 1.165) is 15.8 Å². The van der Waals surface area contributed by atoms with Crippen LogP contribution in [-0.4, -0.2) is 65.5 Å². The molecule has 2 rings (SSSR count). The third kappa shape index (κ3) is 18.7. The van der Waals surface area contributed by atoms with E-state index in [1.165, 1.54) is 23.3 Å². The van der Waals surface area contributed by atoms with Gasteiger partial charge in [-0.15, -0.1) is 0 Å². The molecule has 2 aromatic rings. The first kappa shape index (κ1) is 38.5. The van der Waals surface area contributed by atoms with Crippen LogP contribution in [0.1, 0.15) is 77.5 Å². The summed E-state index contributed by atoms with van der Waals surface area (Å²) in [6.07, 6.45) is 1.34. The number of aliphatic hydroxyl groups is 4. The van der Waals surface area contributed by atoms with Gasteiger partial charge >= 0.3 is 0 Å². The number of aryl methyl sites for hydroxylation is 3. The van der Waals surface area contributed by atoms with Crippen molar-refractivity contribution in [3.05, 3.63) is 57.6 Å². The second kappa shape index (κ2) is 16.8. The molecule has 230 valence electrons. The van der Waals surface area contributed by atoms with Crippen LogP contribution in [0, 0.1) is 20.8 Å². The Morgan fingerprint density at radius 3 is 1.55 bits per heavy atom. The molecule has 40 heavy (non-hydrogen) atoms. The zero-order valence-corrected chi connectivity index (χ0v) is 27.8. The number of aliphatic hydroxyl groups excluding tert-OH is 1. The highest BCUT2D eigenvalue weighted by molar-refractivity contribution is 9.10. The molecule has 0 aliphatic rings. The van der Waals surface area contributed by atoms with Crippen LogP contribution < -0.4 is 4.74 Å². The van der Waals surface area contributed by atoms with E-state index in [4.69, 9.17) is 19.1 Å². The average molecular weight is 650 g/mol. The Hall–Kier alpha value is -1.53. The summed E-state index contributed by atoms with van der Waals surface area (Å²) in [5.74, 6) is 0.863. The van der Waals surface area contributed by atoms with Crippen molar-refractivity contribution in [2.24, 2.45) is 0 Å². The molecular formula is C30H49BrO8S. The first-order valence-electron chi connectivity index (χ1n) is 13.2. The highest BCUT2D eigenvalue weighted by atomic mass is 79.9. The summed E-state index contributed by atoms with van der Waals surface area (Å²) in [4.78, 5) is 0.138. The van der Waals surface area contributed by atoms with E-state index in [9.17, 15) is 18.6 Å². The van der Waals surface area contributed by atoms with Crippen molar-refractivity contribution >= 4 is 26.0 Å². The lowest BCUT2D eigenvalue weighted by Gasteiger charge is -2.17. The van der Waals surface area contributed by atoms with E-state index in [1.54, 1.807) is 53.7 Å². The summed E-state index contributed by atoms with van der Waals surface area (Å²) < 4.78 is 35.0. The predicted molar refractivity (Wildman–Crippen MR) is 163 cm³/mol. The molecule has 0 saturated heterocycles. The molecule has 0 unspecified atom stereocenters. The van der Waals surface area contributed by atoms with Crippen molar-refractivity contribution in [1.82, 2.24) is 0 Å². The van der Waals surface area contributed by atoms with E-state index >= 15 is 0 Å². The monoisotopic (exact) mass is 648 g/mol. The second-order valence-electron chi connectivity index (χ2n) is 11.7. The standard InChI is InChI=1S/C13H19BrO2.C12H18O4S.C5H12O2/c1-9-7-11(8-10(2)12(9)14)16-6-5-13(3,4)15;1-10-4-6-11(7-5-10)17(14,15)16-9-8-12(2,3)13;1-5(2,7)3-4-6/h7-8,15H,5-6H2,1-4H3;4-7,13H,8-9H2,1-3H3;6-7H,3-4H2,1-2H3. The summed E-state index contributed by atoms with van der Waals surface area (Å²) in [6.45, 7) is 16.7. The topological polar surface area (TPSA) is 134 Å². The Balaban J connectivity index is 0.000000619. The van der Waals surface area contributed by atoms with Gasteiger partial charge in [-0.3, -0.25) is 4.18 Å². The van der Waals surface area contributed by atoms with Crippen LogP contribution in [0.5, 0.6) is 5.75 Å². The number of hydrogen-bond acceptors (Lipinski definition) is 8. The first-order chi connectivity index (χ1) is 18.1. The molecule has 0 aliphatic heterocycles. The number of halogens is 1. The van der Waals surface area contributed by atoms with Crippen LogP contribution >= 0.6 is 15.9 Å². The van der Waals surface area contributed by atoms with Crippen molar-refractivity contribution in [3.8, 4) is 5.75 Å². The number of rotatable bonds is 11. The molecule has 0 aliphatic carbocycles. The van der Waals surface area contributed by atoms with Crippen LogP contribution in [0.4, 0.5) is 0 Å². The van der Waals surface area contributed by atoms with E-state index in [-0.39, 0.29) is 24.5 Å². The maximum Gasteiger partial charge on any atom is 0.296 e. The number of ether oxygens (including phenoxy) is 1. The molecule has 10 heteroatoms. The van der Waals surface area contributed by atoms with Crippen LogP contribution in [0.2, 0.25) is 0 Å². The third-order valence-electron chi connectivity index (χ3n) is 5.38. The number of hydrogen-bond donors (Lipinski definition) is 4. The molecule has 0 bridgehead atoms. The predicted octanol–water partition coefficient (Wildman–Crippen LogP) is 5.61. The van der Waals surface area contributed by atoms with E-state index < -0.39 is 26.9 Å². The molecule has 0 amide bonds. The maximum absolute atomic E-state index is 11.7. The van der Waals surface area contributed by atoms with Gasteiger partial charge in [-0.2, -0.15) is 8.42 Å². The van der Waals surface area contributed by atoms with E-state index in [2.05, 4.69) is 15.9 Å². The van der Waals surface area contributed by atoms with Gasteiger partial charge in [-0.25, -0.2) is 0 Å².